The fourth-order valence-corrected chi connectivity index (χ4v) is 0.512. The van der Waals surface area contributed by atoms with Crippen molar-refractivity contribution in [2.45, 2.75) is 18.9 Å². The molecule has 62 valence electrons. The third kappa shape index (κ3) is 4.21. The van der Waals surface area contributed by atoms with Crippen LogP contribution in [0.3, 0.4) is 0 Å². The fourth-order valence-electron chi connectivity index (χ4n) is 0.512. The molecule has 0 radical (unpaired) electrons. The van der Waals surface area contributed by atoms with Crippen molar-refractivity contribution < 1.29 is 9.59 Å². The van der Waals surface area contributed by atoms with Gasteiger partial charge in [0, 0.05) is 6.42 Å². The van der Waals surface area contributed by atoms with E-state index in [0.717, 1.165) is 0 Å². The highest BCUT2D eigenvalue weighted by Crippen LogP contribution is 1.93. The molecule has 0 unspecified atom stereocenters. The number of nitrogens with one attached hydrogen (secondary N) is 1. The molecular formula is C6H11N3O2. The van der Waals surface area contributed by atoms with Crippen LogP contribution in [-0.2, 0) is 9.59 Å². The predicted molar refractivity (Wildman–Crippen MR) is 40.2 cm³/mol. The first-order chi connectivity index (χ1) is 5.07. The molecule has 1 amide bonds. The molecule has 1 atom stereocenters. The SMILES string of the molecule is N=CC(=O)CC[C@H](N)C(N)=O. The monoisotopic (exact) mass is 157 g/mol. The van der Waals surface area contributed by atoms with Gasteiger partial charge in [-0.1, -0.05) is 0 Å². The molecule has 0 rings (SSSR count). The van der Waals surface area contributed by atoms with Crippen LogP contribution < -0.4 is 11.5 Å². The predicted octanol–water partition coefficient (Wildman–Crippen LogP) is -1.20. The molecule has 11 heavy (non-hydrogen) atoms. The van der Waals surface area contributed by atoms with E-state index in [1.165, 1.54) is 0 Å². The van der Waals surface area contributed by atoms with Crippen molar-refractivity contribution >= 4 is 17.9 Å². The lowest BCUT2D eigenvalue weighted by Crippen LogP contribution is -2.36. The number of Topliss-reactive ketones (excluding diaryl/α,β-unsaturated/α-hetero) is 1. The molecule has 0 saturated carbocycles. The minimum absolute atomic E-state index is 0.105. The van der Waals surface area contributed by atoms with Gasteiger partial charge in [-0.2, -0.15) is 0 Å². The number of carbonyl (C=O) groups excluding carboxylic acids is 2. The van der Waals surface area contributed by atoms with E-state index in [1.54, 1.807) is 0 Å². The standard InChI is InChI=1S/C6H11N3O2/c7-3-4(10)1-2-5(8)6(9)11/h3,5,7H,1-2,8H2,(H2,9,11)/t5-/m0/s1. The lowest BCUT2D eigenvalue weighted by molar-refractivity contribution is -0.119. The van der Waals surface area contributed by atoms with Crippen LogP contribution in [0.25, 0.3) is 0 Å². The van der Waals surface area contributed by atoms with Crippen LogP contribution in [0.4, 0.5) is 0 Å². The normalized spacial score (nSPS) is 12.1. The van der Waals surface area contributed by atoms with Crippen LogP contribution in [-0.4, -0.2) is 23.9 Å². The van der Waals surface area contributed by atoms with Gasteiger partial charge in [0.2, 0.25) is 5.91 Å². The van der Waals surface area contributed by atoms with Gasteiger partial charge in [0.25, 0.3) is 0 Å². The lowest BCUT2D eigenvalue weighted by atomic mass is 10.1. The van der Waals surface area contributed by atoms with Gasteiger partial charge in [0.05, 0.1) is 12.3 Å². The van der Waals surface area contributed by atoms with Crippen molar-refractivity contribution in [1.29, 1.82) is 5.41 Å². The topological polar surface area (TPSA) is 110 Å². The fraction of sp³-hybridized carbons (Fsp3) is 0.500. The zero-order valence-corrected chi connectivity index (χ0v) is 6.04. The largest absolute Gasteiger partial charge is 0.368 e. The Bertz CT molecular complexity index is 179. The van der Waals surface area contributed by atoms with Crippen LogP contribution in [0.15, 0.2) is 0 Å². The molecule has 0 aromatic heterocycles. The number of primary amides is 1. The highest BCUT2D eigenvalue weighted by molar-refractivity contribution is 6.26. The summed E-state index contributed by atoms with van der Waals surface area (Å²) in [6, 6.07) is -0.779. The van der Waals surface area contributed by atoms with Gasteiger partial charge < -0.3 is 16.9 Å². The Morgan fingerprint density at radius 2 is 2.09 bits per heavy atom. The molecule has 0 bridgehead atoms. The summed E-state index contributed by atoms with van der Waals surface area (Å²) in [4.78, 5) is 20.8. The first-order valence-corrected chi connectivity index (χ1v) is 3.16. The highest BCUT2D eigenvalue weighted by atomic mass is 16.1. The van der Waals surface area contributed by atoms with Gasteiger partial charge in [-0.25, -0.2) is 0 Å². The van der Waals surface area contributed by atoms with E-state index in [2.05, 4.69) is 0 Å². The van der Waals surface area contributed by atoms with Crippen LogP contribution >= 0.6 is 0 Å². The van der Waals surface area contributed by atoms with Gasteiger partial charge in [0.1, 0.15) is 0 Å². The summed E-state index contributed by atoms with van der Waals surface area (Å²) < 4.78 is 0. The van der Waals surface area contributed by atoms with Crippen LogP contribution in [0.2, 0.25) is 0 Å². The van der Waals surface area contributed by atoms with E-state index in [9.17, 15) is 9.59 Å². The maximum Gasteiger partial charge on any atom is 0.234 e. The third-order valence-electron chi connectivity index (χ3n) is 1.23. The maximum atomic E-state index is 10.5. The van der Waals surface area contributed by atoms with Crippen LogP contribution in [0.1, 0.15) is 12.8 Å². The number of ketones is 1. The summed E-state index contributed by atoms with van der Waals surface area (Å²) >= 11 is 0. The van der Waals surface area contributed by atoms with E-state index in [-0.39, 0.29) is 18.6 Å². The Morgan fingerprint density at radius 1 is 1.55 bits per heavy atom. The molecule has 0 fully saturated rings. The molecule has 0 aromatic rings. The molecule has 0 saturated heterocycles. The Morgan fingerprint density at radius 3 is 2.45 bits per heavy atom. The summed E-state index contributed by atoms with van der Waals surface area (Å²) in [6.07, 6.45) is 1.02. The van der Waals surface area contributed by atoms with Gasteiger partial charge >= 0.3 is 0 Å². The summed E-state index contributed by atoms with van der Waals surface area (Å²) in [5.41, 5.74) is 10.0. The van der Waals surface area contributed by atoms with Gasteiger partial charge in [0.15, 0.2) is 5.78 Å². The van der Waals surface area contributed by atoms with Crippen molar-refractivity contribution in [1.82, 2.24) is 0 Å². The molecule has 5 N–H and O–H groups in total. The number of hydrogen-bond donors (Lipinski definition) is 3. The summed E-state index contributed by atoms with van der Waals surface area (Å²) in [6.45, 7) is 0. The summed E-state index contributed by atoms with van der Waals surface area (Å²) in [7, 11) is 0. The minimum Gasteiger partial charge on any atom is -0.368 e. The molecule has 0 spiro atoms. The van der Waals surface area contributed by atoms with Crippen LogP contribution in [0, 0.1) is 5.41 Å². The van der Waals surface area contributed by atoms with Gasteiger partial charge in [-0.05, 0) is 6.42 Å². The van der Waals surface area contributed by atoms with Crippen molar-refractivity contribution in [3.63, 3.8) is 0 Å². The lowest BCUT2D eigenvalue weighted by Gasteiger charge is -2.03. The smallest absolute Gasteiger partial charge is 0.234 e. The Kier molecular flexibility index (Phi) is 4.05. The molecule has 5 heteroatoms. The van der Waals surface area contributed by atoms with Crippen molar-refractivity contribution in [2.24, 2.45) is 11.5 Å². The van der Waals surface area contributed by atoms with Gasteiger partial charge in [-0.3, -0.25) is 9.59 Å². The molecular weight excluding hydrogens is 146 g/mol. The Labute approximate surface area is 64.3 Å². The molecule has 0 aliphatic rings. The van der Waals surface area contributed by atoms with Gasteiger partial charge in [-0.15, -0.1) is 0 Å². The second kappa shape index (κ2) is 4.56. The number of rotatable bonds is 5. The average Bonchev–Trinajstić information content (AvgIpc) is 1.99. The highest BCUT2D eigenvalue weighted by Gasteiger charge is 2.09. The molecule has 0 aliphatic heterocycles. The average molecular weight is 157 g/mol. The van der Waals surface area contributed by atoms with Crippen molar-refractivity contribution in [2.75, 3.05) is 0 Å². The van der Waals surface area contributed by atoms with E-state index < -0.39 is 11.9 Å². The zero-order valence-electron chi connectivity index (χ0n) is 6.04. The number of nitrogens with two attached hydrogens (primary N) is 2. The number of hydrogen-bond acceptors (Lipinski definition) is 4. The molecule has 0 aromatic carbocycles. The zero-order chi connectivity index (χ0) is 8.85. The number of carbonyl (C=O) groups is 2. The quantitative estimate of drug-likeness (QED) is 0.436. The maximum absolute atomic E-state index is 10.5. The van der Waals surface area contributed by atoms with Crippen molar-refractivity contribution in [3.8, 4) is 0 Å². The first-order valence-electron chi connectivity index (χ1n) is 3.16. The summed E-state index contributed by atoms with van der Waals surface area (Å²) in [5.74, 6) is -0.968. The van der Waals surface area contributed by atoms with Crippen LogP contribution in [0.5, 0.6) is 0 Å². The molecule has 0 aliphatic carbocycles. The molecule has 0 heterocycles. The van der Waals surface area contributed by atoms with E-state index in [1.807, 2.05) is 0 Å². The van der Waals surface area contributed by atoms with E-state index in [4.69, 9.17) is 16.9 Å². The Hall–Kier alpha value is -1.23. The van der Waals surface area contributed by atoms with E-state index >= 15 is 0 Å². The second-order valence-corrected chi connectivity index (χ2v) is 2.16. The second-order valence-electron chi connectivity index (χ2n) is 2.16. The number of amides is 1. The third-order valence-corrected chi connectivity index (χ3v) is 1.23. The first kappa shape index (κ1) is 9.77. The molecule has 5 nitrogen and oxygen atoms in total. The van der Waals surface area contributed by atoms with E-state index in [0.29, 0.717) is 6.21 Å². The Balaban J connectivity index is 3.62. The van der Waals surface area contributed by atoms with Crippen molar-refractivity contribution in [3.05, 3.63) is 0 Å². The summed E-state index contributed by atoms with van der Waals surface area (Å²) in [5, 5.41) is 6.53. The minimum atomic E-state index is -0.779.